The van der Waals surface area contributed by atoms with Crippen LogP contribution in [0.4, 0.5) is 9.93 Å². The van der Waals surface area contributed by atoms with Gasteiger partial charge in [-0.15, -0.1) is 0 Å². The Bertz CT molecular complexity index is 444. The largest absolute Gasteiger partial charge is 0.341 e. The third-order valence-corrected chi connectivity index (χ3v) is 2.51. The van der Waals surface area contributed by atoms with Crippen LogP contribution in [0.3, 0.4) is 0 Å². The summed E-state index contributed by atoms with van der Waals surface area (Å²) in [5, 5.41) is 5.63. The van der Waals surface area contributed by atoms with Crippen LogP contribution in [0.1, 0.15) is 30.5 Å². The van der Waals surface area contributed by atoms with Crippen molar-refractivity contribution >= 4 is 32.7 Å². The molecular formula is C13H23N3OS. The number of fused-ring (bicyclic) bond motifs is 1. The Balaban J connectivity index is -0.000000444. The maximum atomic E-state index is 11.0. The van der Waals surface area contributed by atoms with Crippen molar-refractivity contribution in [3.05, 3.63) is 24.3 Å². The molecule has 0 radical (unpaired) electrons. The van der Waals surface area contributed by atoms with Gasteiger partial charge in [-0.2, -0.15) is 0 Å². The molecule has 0 unspecified atom stereocenters. The van der Waals surface area contributed by atoms with Gasteiger partial charge < -0.3 is 5.32 Å². The van der Waals surface area contributed by atoms with Crippen LogP contribution < -0.4 is 10.6 Å². The molecule has 5 heteroatoms. The molecule has 0 spiro atoms. The third kappa shape index (κ3) is 4.60. The van der Waals surface area contributed by atoms with Crippen molar-refractivity contribution in [2.24, 2.45) is 0 Å². The molecule has 0 atom stereocenters. The standard InChI is InChI=1S/C9H7N3OS.2C2H6.2H2/c1-10-8(13)12-9-11-6-4-2-3-5-7(6)14-9;2*1-2;;/h2,4H,1H3,(H2,10,11,12,13);2*1-2H3;2*1H. The Hall–Kier alpha value is -1.80. The van der Waals surface area contributed by atoms with Crippen molar-refractivity contribution in [3.8, 4) is 0 Å². The van der Waals surface area contributed by atoms with Crippen LogP contribution in [0.2, 0.25) is 0 Å². The molecule has 1 aromatic carbocycles. The Morgan fingerprint density at radius 3 is 2.61 bits per heavy atom. The Kier molecular flexibility index (Phi) is 8.33. The fourth-order valence-corrected chi connectivity index (χ4v) is 1.78. The second-order valence-electron chi connectivity index (χ2n) is 2.54. The summed E-state index contributed by atoms with van der Waals surface area (Å²) < 4.78 is 0.888. The third-order valence-electron chi connectivity index (χ3n) is 1.61. The van der Waals surface area contributed by atoms with Crippen LogP contribution >= 0.6 is 11.3 Å². The summed E-state index contributed by atoms with van der Waals surface area (Å²) in [5.41, 5.74) is 0.820. The van der Waals surface area contributed by atoms with E-state index >= 15 is 0 Å². The number of urea groups is 1. The minimum atomic E-state index is -0.270. The lowest BCUT2D eigenvalue weighted by atomic mass is 10.4. The van der Waals surface area contributed by atoms with E-state index in [1.807, 2.05) is 33.8 Å². The molecule has 0 aliphatic rings. The number of nitrogens with one attached hydrogen (secondary N) is 2. The quantitative estimate of drug-likeness (QED) is 0.815. The van der Waals surface area contributed by atoms with Gasteiger partial charge in [0.15, 0.2) is 5.13 Å². The van der Waals surface area contributed by atoms with Gasteiger partial charge in [0, 0.05) is 9.90 Å². The van der Waals surface area contributed by atoms with E-state index in [-0.39, 0.29) is 8.88 Å². The highest BCUT2D eigenvalue weighted by Crippen LogP contribution is 2.23. The smallest absolute Gasteiger partial charge is 0.320 e. The number of rotatable bonds is 1. The predicted molar refractivity (Wildman–Crippen MR) is 82.3 cm³/mol. The molecule has 0 fully saturated rings. The lowest BCUT2D eigenvalue weighted by molar-refractivity contribution is 0.254. The van der Waals surface area contributed by atoms with Gasteiger partial charge in [-0.1, -0.05) is 45.1 Å². The first-order valence-corrected chi connectivity index (χ1v) is 6.79. The first kappa shape index (κ1) is 16.2. The van der Waals surface area contributed by atoms with Crippen molar-refractivity contribution in [1.29, 1.82) is 0 Å². The average Bonchev–Trinajstić information content (AvgIpc) is 2.85. The summed E-state index contributed by atoms with van der Waals surface area (Å²) in [6.45, 7) is 8.00. The molecule has 2 rings (SSSR count). The minimum absolute atomic E-state index is 0. The molecule has 0 saturated carbocycles. The molecule has 0 saturated heterocycles. The van der Waals surface area contributed by atoms with Crippen LogP contribution in [-0.2, 0) is 0 Å². The van der Waals surface area contributed by atoms with Gasteiger partial charge in [0.05, 0.1) is 5.52 Å². The summed E-state index contributed by atoms with van der Waals surface area (Å²) in [5.74, 6) is 0. The van der Waals surface area contributed by atoms with Gasteiger partial charge in [0.25, 0.3) is 0 Å². The van der Waals surface area contributed by atoms with E-state index in [9.17, 15) is 4.79 Å². The Morgan fingerprint density at radius 2 is 2.06 bits per heavy atom. The van der Waals surface area contributed by atoms with E-state index in [1.54, 1.807) is 13.1 Å². The topological polar surface area (TPSA) is 54.0 Å². The van der Waals surface area contributed by atoms with Gasteiger partial charge in [0.2, 0.25) is 0 Å². The Morgan fingerprint density at radius 1 is 1.39 bits per heavy atom. The normalized spacial score (nSPS) is 8.06. The highest BCUT2D eigenvalue weighted by Gasteiger charge is 2.04. The summed E-state index contributed by atoms with van der Waals surface area (Å²) in [7, 11) is 1.56. The molecule has 0 aliphatic carbocycles. The van der Waals surface area contributed by atoms with E-state index in [4.69, 9.17) is 0 Å². The van der Waals surface area contributed by atoms with Crippen molar-refractivity contribution in [2.45, 2.75) is 27.7 Å². The molecule has 2 N–H and O–H groups in total. The maximum Gasteiger partial charge on any atom is 0.320 e. The minimum Gasteiger partial charge on any atom is -0.341 e. The SMILES string of the molecule is CC.CC.CNC(=O)Nc1nc2ccc#cc2s1.[HH].[HH]. The number of hydrogen-bond acceptors (Lipinski definition) is 3. The number of carbonyl (C=O) groups is 1. The monoisotopic (exact) mass is 269 g/mol. The molecule has 4 nitrogen and oxygen atoms in total. The fourth-order valence-electron chi connectivity index (χ4n) is 0.975. The van der Waals surface area contributed by atoms with Crippen molar-refractivity contribution < 1.29 is 7.65 Å². The van der Waals surface area contributed by atoms with Crippen LogP contribution in [0.5, 0.6) is 0 Å². The molecule has 102 valence electrons. The molecular weight excluding hydrogens is 246 g/mol. The first-order chi connectivity index (χ1) is 8.79. The van der Waals surface area contributed by atoms with Gasteiger partial charge >= 0.3 is 6.03 Å². The average molecular weight is 269 g/mol. The zero-order valence-corrected chi connectivity index (χ0v) is 12.2. The second-order valence-corrected chi connectivity index (χ2v) is 3.54. The first-order valence-electron chi connectivity index (χ1n) is 5.97. The van der Waals surface area contributed by atoms with Gasteiger partial charge in [0.1, 0.15) is 4.70 Å². The summed E-state index contributed by atoms with van der Waals surface area (Å²) >= 11 is 1.37. The molecule has 18 heavy (non-hydrogen) atoms. The molecule has 1 heterocycles. The lowest BCUT2D eigenvalue weighted by Crippen LogP contribution is -2.24. The number of hydrogen-bond donors (Lipinski definition) is 2. The number of carbonyl (C=O) groups excluding carboxylic acids is 1. The van der Waals surface area contributed by atoms with Gasteiger partial charge in [-0.25, -0.2) is 9.78 Å². The van der Waals surface area contributed by atoms with Crippen molar-refractivity contribution in [3.63, 3.8) is 0 Å². The summed E-state index contributed by atoms with van der Waals surface area (Å²) in [4.78, 5) is 15.2. The molecule has 0 bridgehead atoms. The van der Waals surface area contributed by atoms with Crippen LogP contribution in [0.15, 0.2) is 12.1 Å². The molecule has 2 amide bonds. The number of nitrogens with zero attached hydrogens (tertiary/aromatic N) is 1. The fraction of sp³-hybridized carbons (Fsp3) is 0.385. The summed E-state index contributed by atoms with van der Waals surface area (Å²) in [6.07, 6.45) is 0. The van der Waals surface area contributed by atoms with E-state index in [0.717, 1.165) is 10.2 Å². The Labute approximate surface area is 115 Å². The van der Waals surface area contributed by atoms with E-state index in [0.29, 0.717) is 5.13 Å². The summed E-state index contributed by atoms with van der Waals surface area (Å²) in [6, 6.07) is 9.06. The van der Waals surface area contributed by atoms with Crippen LogP contribution in [-0.4, -0.2) is 18.1 Å². The van der Waals surface area contributed by atoms with Gasteiger partial charge in [-0.05, 0) is 18.2 Å². The maximum absolute atomic E-state index is 11.0. The number of aromatic nitrogens is 1. The van der Waals surface area contributed by atoms with E-state index in [2.05, 4.69) is 27.8 Å². The van der Waals surface area contributed by atoms with Crippen LogP contribution in [0, 0.1) is 12.1 Å². The van der Waals surface area contributed by atoms with E-state index in [1.165, 1.54) is 11.3 Å². The zero-order chi connectivity index (χ0) is 14.0. The molecule has 1 aromatic heterocycles. The highest BCUT2D eigenvalue weighted by molar-refractivity contribution is 7.22. The van der Waals surface area contributed by atoms with Crippen molar-refractivity contribution in [1.82, 2.24) is 10.3 Å². The number of thiazole rings is 1. The predicted octanol–water partition coefficient (Wildman–Crippen LogP) is 4.19. The second kappa shape index (κ2) is 9.25. The number of anilines is 1. The van der Waals surface area contributed by atoms with Gasteiger partial charge in [-0.3, -0.25) is 5.32 Å². The van der Waals surface area contributed by atoms with Crippen LogP contribution in [0.25, 0.3) is 10.2 Å². The zero-order valence-electron chi connectivity index (χ0n) is 11.4. The van der Waals surface area contributed by atoms with E-state index < -0.39 is 0 Å². The van der Waals surface area contributed by atoms with Crippen molar-refractivity contribution in [2.75, 3.05) is 12.4 Å². The molecule has 0 aliphatic heterocycles. The molecule has 2 aromatic rings. The highest BCUT2D eigenvalue weighted by atomic mass is 32.1. The lowest BCUT2D eigenvalue weighted by Gasteiger charge is -1.96. The number of amides is 2.